The van der Waals surface area contributed by atoms with E-state index in [-0.39, 0.29) is 0 Å². The predicted molar refractivity (Wildman–Crippen MR) is 84.9 cm³/mol. The Hall–Kier alpha value is -1.70. The van der Waals surface area contributed by atoms with Gasteiger partial charge in [0.05, 0.1) is 24.0 Å². The quantitative estimate of drug-likeness (QED) is 0.843. The summed E-state index contributed by atoms with van der Waals surface area (Å²) in [5.74, 6) is 0.681. The SMILES string of the molecule is COc1ccc(C#N)c(Nc2cc(Cl)c(C)cc2Br)c1. The molecule has 0 aliphatic heterocycles. The summed E-state index contributed by atoms with van der Waals surface area (Å²) in [6.07, 6.45) is 0. The lowest BCUT2D eigenvalue weighted by atomic mass is 10.1. The van der Waals surface area contributed by atoms with Gasteiger partial charge < -0.3 is 10.1 Å². The third-order valence-corrected chi connectivity index (χ3v) is 3.93. The summed E-state index contributed by atoms with van der Waals surface area (Å²) >= 11 is 9.62. The largest absolute Gasteiger partial charge is 0.497 e. The molecular weight excluding hydrogens is 340 g/mol. The van der Waals surface area contributed by atoms with Crippen LogP contribution in [-0.2, 0) is 0 Å². The van der Waals surface area contributed by atoms with E-state index in [1.165, 1.54) is 0 Å². The Kier molecular flexibility index (Phi) is 4.53. The monoisotopic (exact) mass is 350 g/mol. The van der Waals surface area contributed by atoms with Crippen LogP contribution in [0.3, 0.4) is 0 Å². The molecule has 2 rings (SSSR count). The zero-order chi connectivity index (χ0) is 14.7. The molecule has 20 heavy (non-hydrogen) atoms. The first-order valence-corrected chi connectivity index (χ1v) is 7.03. The van der Waals surface area contributed by atoms with Crippen LogP contribution in [-0.4, -0.2) is 7.11 Å². The van der Waals surface area contributed by atoms with E-state index in [4.69, 9.17) is 21.6 Å². The van der Waals surface area contributed by atoms with Crippen molar-refractivity contribution in [1.29, 1.82) is 5.26 Å². The van der Waals surface area contributed by atoms with Crippen LogP contribution < -0.4 is 10.1 Å². The van der Waals surface area contributed by atoms with E-state index in [2.05, 4.69) is 27.3 Å². The molecule has 2 aromatic rings. The van der Waals surface area contributed by atoms with Crippen LogP contribution in [0.2, 0.25) is 5.02 Å². The van der Waals surface area contributed by atoms with Gasteiger partial charge in [-0.05, 0) is 52.7 Å². The van der Waals surface area contributed by atoms with E-state index in [9.17, 15) is 0 Å². The van der Waals surface area contributed by atoms with E-state index >= 15 is 0 Å². The number of anilines is 2. The van der Waals surface area contributed by atoms with Gasteiger partial charge in [-0.2, -0.15) is 5.26 Å². The van der Waals surface area contributed by atoms with Gasteiger partial charge in [-0.15, -0.1) is 0 Å². The summed E-state index contributed by atoms with van der Waals surface area (Å²) in [5.41, 5.74) is 2.99. The van der Waals surface area contributed by atoms with Gasteiger partial charge in [0.15, 0.2) is 0 Å². The van der Waals surface area contributed by atoms with Gasteiger partial charge in [-0.3, -0.25) is 0 Å². The third-order valence-electron chi connectivity index (χ3n) is 2.86. The molecule has 0 fully saturated rings. The highest BCUT2D eigenvalue weighted by Crippen LogP contribution is 2.33. The van der Waals surface area contributed by atoms with Crippen LogP contribution in [0.4, 0.5) is 11.4 Å². The Labute approximate surface area is 131 Å². The molecule has 0 aliphatic rings. The van der Waals surface area contributed by atoms with E-state index in [1.54, 1.807) is 25.3 Å². The summed E-state index contributed by atoms with van der Waals surface area (Å²) in [5, 5.41) is 13.0. The molecule has 1 N–H and O–H groups in total. The molecule has 2 aromatic carbocycles. The molecule has 0 saturated carbocycles. The van der Waals surface area contributed by atoms with Crippen LogP contribution in [0.15, 0.2) is 34.8 Å². The Bertz CT molecular complexity index is 695. The van der Waals surface area contributed by atoms with Crippen molar-refractivity contribution in [2.75, 3.05) is 12.4 Å². The van der Waals surface area contributed by atoms with Crippen molar-refractivity contribution in [2.45, 2.75) is 6.92 Å². The molecule has 0 aromatic heterocycles. The predicted octanol–water partition coefficient (Wildman–Crippen LogP) is 5.03. The van der Waals surface area contributed by atoms with Crippen LogP contribution in [0.5, 0.6) is 5.75 Å². The highest BCUT2D eigenvalue weighted by molar-refractivity contribution is 9.10. The summed E-state index contributed by atoms with van der Waals surface area (Å²) in [4.78, 5) is 0. The van der Waals surface area contributed by atoms with Gasteiger partial charge in [0.25, 0.3) is 0 Å². The molecule has 102 valence electrons. The molecule has 0 aliphatic carbocycles. The molecule has 0 spiro atoms. The molecule has 0 radical (unpaired) electrons. The Morgan fingerprint density at radius 2 is 2.00 bits per heavy atom. The Balaban J connectivity index is 2.44. The number of nitriles is 1. The van der Waals surface area contributed by atoms with Crippen molar-refractivity contribution in [3.05, 3.63) is 51.0 Å². The average molecular weight is 352 g/mol. The maximum absolute atomic E-state index is 9.16. The first-order valence-electron chi connectivity index (χ1n) is 5.86. The maximum atomic E-state index is 9.16. The number of nitrogens with zero attached hydrogens (tertiary/aromatic N) is 1. The first kappa shape index (κ1) is 14.7. The number of ether oxygens (including phenoxy) is 1. The smallest absolute Gasteiger partial charge is 0.121 e. The number of rotatable bonds is 3. The topological polar surface area (TPSA) is 45.0 Å². The second-order valence-corrected chi connectivity index (χ2v) is 5.49. The fourth-order valence-electron chi connectivity index (χ4n) is 1.74. The lowest BCUT2D eigenvalue weighted by molar-refractivity contribution is 0.415. The normalized spacial score (nSPS) is 9.95. The molecule has 0 atom stereocenters. The maximum Gasteiger partial charge on any atom is 0.121 e. The number of aryl methyl sites for hydroxylation is 1. The van der Waals surface area contributed by atoms with Gasteiger partial charge in [0.1, 0.15) is 11.8 Å². The molecule has 0 amide bonds. The van der Waals surface area contributed by atoms with Crippen LogP contribution in [0.25, 0.3) is 0 Å². The second kappa shape index (κ2) is 6.17. The molecule has 0 heterocycles. The number of hydrogen-bond acceptors (Lipinski definition) is 3. The lowest BCUT2D eigenvalue weighted by Crippen LogP contribution is -1.96. The van der Waals surface area contributed by atoms with Crippen molar-refractivity contribution in [1.82, 2.24) is 0 Å². The van der Waals surface area contributed by atoms with Crippen molar-refractivity contribution < 1.29 is 4.74 Å². The van der Waals surface area contributed by atoms with Gasteiger partial charge in [0, 0.05) is 15.6 Å². The highest BCUT2D eigenvalue weighted by atomic mass is 79.9. The minimum absolute atomic E-state index is 0.536. The summed E-state index contributed by atoms with van der Waals surface area (Å²) < 4.78 is 6.06. The fraction of sp³-hybridized carbons (Fsp3) is 0.133. The van der Waals surface area contributed by atoms with E-state index < -0.39 is 0 Å². The summed E-state index contributed by atoms with van der Waals surface area (Å²) in [7, 11) is 1.59. The number of benzene rings is 2. The Morgan fingerprint density at radius 3 is 2.65 bits per heavy atom. The molecule has 5 heteroatoms. The number of methoxy groups -OCH3 is 1. The zero-order valence-corrected chi connectivity index (χ0v) is 13.3. The molecule has 3 nitrogen and oxygen atoms in total. The van der Waals surface area contributed by atoms with Crippen LogP contribution >= 0.6 is 27.5 Å². The number of nitrogens with one attached hydrogen (secondary N) is 1. The Morgan fingerprint density at radius 1 is 1.25 bits per heavy atom. The molecular formula is C15H12BrClN2O. The third kappa shape index (κ3) is 3.06. The standard InChI is InChI=1S/C15H12BrClN2O/c1-9-5-12(16)15(7-13(9)17)19-14-6-11(20-2)4-3-10(14)8-18/h3-7,19H,1-2H3. The summed E-state index contributed by atoms with van der Waals surface area (Å²) in [6.45, 7) is 1.93. The van der Waals surface area contributed by atoms with Crippen LogP contribution in [0, 0.1) is 18.3 Å². The number of halogens is 2. The average Bonchev–Trinajstić information content (AvgIpc) is 2.44. The molecule has 0 unspecified atom stereocenters. The van der Waals surface area contributed by atoms with E-state index in [0.717, 1.165) is 15.7 Å². The van der Waals surface area contributed by atoms with E-state index in [0.29, 0.717) is 22.0 Å². The minimum atomic E-state index is 0.536. The van der Waals surface area contributed by atoms with Crippen molar-refractivity contribution in [3.8, 4) is 11.8 Å². The lowest BCUT2D eigenvalue weighted by Gasteiger charge is -2.13. The zero-order valence-electron chi connectivity index (χ0n) is 11.0. The minimum Gasteiger partial charge on any atom is -0.497 e. The first-order chi connectivity index (χ1) is 9.55. The fourth-order valence-corrected chi connectivity index (χ4v) is 2.46. The van der Waals surface area contributed by atoms with Gasteiger partial charge in [0.2, 0.25) is 0 Å². The van der Waals surface area contributed by atoms with Gasteiger partial charge in [-0.25, -0.2) is 0 Å². The van der Waals surface area contributed by atoms with Crippen molar-refractivity contribution in [2.24, 2.45) is 0 Å². The van der Waals surface area contributed by atoms with Crippen molar-refractivity contribution >= 4 is 38.9 Å². The van der Waals surface area contributed by atoms with Crippen molar-refractivity contribution in [3.63, 3.8) is 0 Å². The highest BCUT2D eigenvalue weighted by Gasteiger charge is 2.08. The van der Waals surface area contributed by atoms with Gasteiger partial charge >= 0.3 is 0 Å². The molecule has 0 bridgehead atoms. The van der Waals surface area contributed by atoms with Gasteiger partial charge in [-0.1, -0.05) is 11.6 Å². The van der Waals surface area contributed by atoms with Crippen LogP contribution in [0.1, 0.15) is 11.1 Å². The number of hydrogen-bond donors (Lipinski definition) is 1. The second-order valence-electron chi connectivity index (χ2n) is 4.23. The summed E-state index contributed by atoms with van der Waals surface area (Å²) in [6, 6.07) is 11.1. The molecule has 0 saturated heterocycles. The van der Waals surface area contributed by atoms with E-state index in [1.807, 2.05) is 19.1 Å².